The number of para-hydroxylation sites is 1. The molecule has 0 spiro atoms. The number of pyridine rings is 1. The fourth-order valence-corrected chi connectivity index (χ4v) is 5.33. The molecule has 17 heteroatoms. The minimum Gasteiger partial charge on any atom is -0.507 e. The molecule has 244 valence electrons. The van der Waals surface area contributed by atoms with E-state index >= 15 is 4.39 Å². The molecule has 1 aliphatic heterocycles. The van der Waals surface area contributed by atoms with Crippen LogP contribution in [0.4, 0.5) is 24.8 Å². The van der Waals surface area contributed by atoms with Crippen LogP contribution < -0.4 is 21.5 Å². The van der Waals surface area contributed by atoms with Crippen LogP contribution >= 0.6 is 0 Å². The SMILES string of the molecule is Nc1noc2cc(CC(O)(CNC(=O)c3ccccc3O)[C@H]3OCCN(c4nn(-c5ccc(=O)n(C(F)F)c5)cc4F)C3=O)ccc12. The number of rotatable bonds is 9. The number of phenols is 1. The molecule has 0 bridgehead atoms. The number of fused-ring (bicyclic) bond motifs is 1. The van der Waals surface area contributed by atoms with E-state index in [0.717, 1.165) is 34.1 Å². The van der Waals surface area contributed by atoms with Gasteiger partial charge in [0.2, 0.25) is 0 Å². The molecule has 1 saturated heterocycles. The third-order valence-corrected chi connectivity index (χ3v) is 7.66. The van der Waals surface area contributed by atoms with E-state index in [9.17, 15) is 33.4 Å². The molecule has 0 radical (unpaired) electrons. The zero-order valence-corrected chi connectivity index (χ0v) is 24.2. The van der Waals surface area contributed by atoms with Gasteiger partial charge in [-0.1, -0.05) is 23.4 Å². The van der Waals surface area contributed by atoms with Gasteiger partial charge in [-0.2, -0.15) is 8.78 Å². The van der Waals surface area contributed by atoms with Crippen LogP contribution in [0.15, 0.2) is 76.3 Å². The van der Waals surface area contributed by atoms with E-state index in [1.807, 2.05) is 0 Å². The van der Waals surface area contributed by atoms with Gasteiger partial charge in [-0.05, 0) is 35.9 Å². The van der Waals surface area contributed by atoms with Gasteiger partial charge in [0, 0.05) is 18.7 Å². The first-order valence-corrected chi connectivity index (χ1v) is 14.1. The predicted molar refractivity (Wildman–Crippen MR) is 159 cm³/mol. The van der Waals surface area contributed by atoms with Crippen molar-refractivity contribution >= 4 is 34.4 Å². The number of aliphatic hydroxyl groups is 1. The molecule has 5 aromatic rings. The van der Waals surface area contributed by atoms with Crippen LogP contribution in [0.3, 0.4) is 0 Å². The lowest BCUT2D eigenvalue weighted by Crippen LogP contribution is -2.63. The molecule has 2 atom stereocenters. The van der Waals surface area contributed by atoms with Crippen LogP contribution in [0.25, 0.3) is 16.7 Å². The molecule has 2 aromatic carbocycles. The lowest BCUT2D eigenvalue weighted by Gasteiger charge is -2.40. The Morgan fingerprint density at radius 1 is 1.15 bits per heavy atom. The smallest absolute Gasteiger partial charge is 0.321 e. The van der Waals surface area contributed by atoms with Gasteiger partial charge in [0.05, 0.1) is 42.5 Å². The van der Waals surface area contributed by atoms with Crippen molar-refractivity contribution in [3.63, 3.8) is 0 Å². The number of carbonyl (C=O) groups is 2. The first-order valence-electron chi connectivity index (χ1n) is 14.1. The number of morpholine rings is 1. The van der Waals surface area contributed by atoms with Crippen LogP contribution in [0.1, 0.15) is 22.5 Å². The maximum atomic E-state index is 15.3. The van der Waals surface area contributed by atoms with Gasteiger partial charge in [0.25, 0.3) is 17.4 Å². The monoisotopic (exact) mass is 653 g/mol. The van der Waals surface area contributed by atoms with Gasteiger partial charge in [-0.3, -0.25) is 23.9 Å². The van der Waals surface area contributed by atoms with Crippen molar-refractivity contribution in [2.24, 2.45) is 0 Å². The number of phenolic OH excluding ortho intramolecular Hbond substituents is 1. The molecule has 1 unspecified atom stereocenters. The van der Waals surface area contributed by atoms with Crippen molar-refractivity contribution in [1.82, 2.24) is 24.8 Å². The maximum Gasteiger partial charge on any atom is 0.321 e. The van der Waals surface area contributed by atoms with Crippen LogP contribution in [0, 0.1) is 5.82 Å². The summed E-state index contributed by atoms with van der Waals surface area (Å²) in [6, 6.07) is 12.5. The van der Waals surface area contributed by atoms with E-state index in [4.69, 9.17) is 15.0 Å². The number of aromatic nitrogens is 4. The summed E-state index contributed by atoms with van der Waals surface area (Å²) in [5.41, 5.74) is 3.22. The summed E-state index contributed by atoms with van der Waals surface area (Å²) in [4.78, 5) is 39.6. The van der Waals surface area contributed by atoms with Crippen molar-refractivity contribution in [3.05, 3.63) is 94.3 Å². The molecule has 0 saturated carbocycles. The number of nitrogens with zero attached hydrogens (tertiary/aromatic N) is 5. The second kappa shape index (κ2) is 12.3. The van der Waals surface area contributed by atoms with E-state index < -0.39 is 53.8 Å². The Labute approximate surface area is 262 Å². The minimum atomic E-state index is -3.16. The summed E-state index contributed by atoms with van der Waals surface area (Å²) in [5.74, 6) is -3.33. The fraction of sp³-hybridized carbons (Fsp3) is 0.233. The Hall–Kier alpha value is -5.68. The van der Waals surface area contributed by atoms with Gasteiger partial charge in [-0.15, -0.1) is 5.10 Å². The molecule has 14 nitrogen and oxygen atoms in total. The number of halogens is 3. The number of aromatic hydroxyl groups is 1. The van der Waals surface area contributed by atoms with E-state index in [2.05, 4.69) is 15.6 Å². The summed E-state index contributed by atoms with van der Waals surface area (Å²) < 4.78 is 53.8. The van der Waals surface area contributed by atoms with Gasteiger partial charge in [0.15, 0.2) is 29.1 Å². The number of benzene rings is 2. The zero-order chi connectivity index (χ0) is 33.5. The van der Waals surface area contributed by atoms with E-state index in [0.29, 0.717) is 16.5 Å². The normalized spacial score (nSPS) is 16.5. The number of nitrogens with one attached hydrogen (secondary N) is 1. The molecular formula is C30H26F3N7O7. The molecule has 4 heterocycles. The predicted octanol–water partition coefficient (Wildman–Crippen LogP) is 2.13. The number of anilines is 2. The largest absolute Gasteiger partial charge is 0.507 e. The zero-order valence-electron chi connectivity index (χ0n) is 24.2. The second-order valence-electron chi connectivity index (χ2n) is 10.8. The number of hydrogen-bond acceptors (Lipinski definition) is 10. The molecule has 2 amide bonds. The molecule has 1 fully saturated rings. The average Bonchev–Trinajstić information content (AvgIpc) is 3.61. The third kappa shape index (κ3) is 6.00. The van der Waals surface area contributed by atoms with Gasteiger partial charge >= 0.3 is 6.55 Å². The van der Waals surface area contributed by atoms with Crippen molar-refractivity contribution < 1.29 is 42.2 Å². The van der Waals surface area contributed by atoms with Crippen LogP contribution in [0.5, 0.6) is 5.75 Å². The Kier molecular flexibility index (Phi) is 8.16. The Balaban J connectivity index is 1.32. The van der Waals surface area contributed by atoms with Gasteiger partial charge < -0.3 is 30.5 Å². The van der Waals surface area contributed by atoms with Gasteiger partial charge in [-0.25, -0.2) is 9.07 Å². The standard InChI is InChI=1S/C30H26F3N7O7/c31-20-14-40(17-6-8-23(42)39(13-17)29(32)33)36-26(20)38-9-10-46-24(28(38)44)30(45,15-35-27(43)18-3-1-2-4-21(18)41)12-16-5-7-19-22(11-16)47-37-25(19)34/h1-8,11,13-14,24,29,41,45H,9-10,12,15H2,(H2,34,37)(H,35,43)/t24-,30?/m0/s1. The number of alkyl halides is 2. The van der Waals surface area contributed by atoms with Crippen molar-refractivity contribution in [2.75, 3.05) is 30.3 Å². The highest BCUT2D eigenvalue weighted by Crippen LogP contribution is 2.30. The Morgan fingerprint density at radius 3 is 2.70 bits per heavy atom. The number of nitrogens with two attached hydrogens (primary N) is 1. The minimum absolute atomic E-state index is 0.0841. The summed E-state index contributed by atoms with van der Waals surface area (Å²) in [7, 11) is 0. The fourth-order valence-electron chi connectivity index (χ4n) is 5.33. The first kappa shape index (κ1) is 31.3. The molecule has 5 N–H and O–H groups in total. The number of hydrogen-bond donors (Lipinski definition) is 4. The highest BCUT2D eigenvalue weighted by Gasteiger charge is 2.48. The average molecular weight is 654 g/mol. The van der Waals surface area contributed by atoms with Crippen molar-refractivity contribution in [3.8, 4) is 11.4 Å². The third-order valence-electron chi connectivity index (χ3n) is 7.66. The quantitative estimate of drug-likeness (QED) is 0.183. The second-order valence-corrected chi connectivity index (χ2v) is 10.8. The molecular weight excluding hydrogens is 627 g/mol. The molecule has 6 rings (SSSR count). The summed E-state index contributed by atoms with van der Waals surface area (Å²) >= 11 is 0. The van der Waals surface area contributed by atoms with E-state index in [1.54, 1.807) is 18.2 Å². The van der Waals surface area contributed by atoms with Crippen molar-refractivity contribution in [2.45, 2.75) is 24.7 Å². The lowest BCUT2D eigenvalue weighted by molar-refractivity contribution is -0.157. The Bertz CT molecular complexity index is 2050. The number of amides is 2. The molecule has 47 heavy (non-hydrogen) atoms. The number of ether oxygens (including phenoxy) is 1. The van der Waals surface area contributed by atoms with E-state index in [1.165, 1.54) is 24.3 Å². The van der Waals surface area contributed by atoms with Crippen LogP contribution in [-0.4, -0.2) is 72.9 Å². The number of carbonyl (C=O) groups excluding carboxylic acids is 2. The molecule has 3 aromatic heterocycles. The lowest BCUT2D eigenvalue weighted by atomic mass is 9.86. The molecule has 1 aliphatic rings. The number of nitrogen functional groups attached to an aromatic ring is 1. The first-order chi connectivity index (χ1) is 22.4. The van der Waals surface area contributed by atoms with Crippen molar-refractivity contribution in [1.29, 1.82) is 0 Å². The molecule has 0 aliphatic carbocycles. The van der Waals surface area contributed by atoms with Crippen LogP contribution in [-0.2, 0) is 16.0 Å². The highest BCUT2D eigenvalue weighted by molar-refractivity contribution is 5.98. The highest BCUT2D eigenvalue weighted by atomic mass is 19.3. The maximum absolute atomic E-state index is 15.3. The van der Waals surface area contributed by atoms with E-state index in [-0.39, 0.29) is 47.0 Å². The summed E-state index contributed by atoms with van der Waals surface area (Å²) in [6.45, 7) is -4.10. The summed E-state index contributed by atoms with van der Waals surface area (Å²) in [5, 5.41) is 33.0. The summed E-state index contributed by atoms with van der Waals surface area (Å²) in [6.07, 6.45) is -0.333. The van der Waals surface area contributed by atoms with Crippen LogP contribution in [0.2, 0.25) is 0 Å². The van der Waals surface area contributed by atoms with Gasteiger partial charge in [0.1, 0.15) is 11.4 Å². The Morgan fingerprint density at radius 2 is 1.94 bits per heavy atom. The topological polar surface area (TPSA) is 191 Å².